The van der Waals surface area contributed by atoms with Crippen molar-refractivity contribution < 1.29 is 19.4 Å². The summed E-state index contributed by atoms with van der Waals surface area (Å²) in [5.41, 5.74) is 2.57. The standard InChI is InChI=1S/C30H34N6O4/c1-2-39-25-10-3-4-11-26(25)40-23-9-6-16-36(20-23)28-19-31-18-27(34-28)35-30-32-15-14-24(33-30)22-8-5-7-21(17-22)12-13-29(37)38/h4-5,7-8,11,14-15,17-19,23H,2-3,6,9-10,12-13,16,20H2,1H3,(H,37,38)(H,32,33,34,35). The number of benzene rings is 1. The molecule has 3 aromatic rings. The molecule has 5 rings (SSSR count). The van der Waals surface area contributed by atoms with Gasteiger partial charge in [-0.05, 0) is 56.4 Å². The average Bonchev–Trinajstić information content (AvgIpc) is 2.98. The van der Waals surface area contributed by atoms with E-state index >= 15 is 0 Å². The zero-order valence-corrected chi connectivity index (χ0v) is 22.6. The second-order valence-electron chi connectivity index (χ2n) is 9.74. The first kappa shape index (κ1) is 27.1. The van der Waals surface area contributed by atoms with E-state index < -0.39 is 5.97 Å². The Morgan fingerprint density at radius 1 is 1.23 bits per heavy atom. The van der Waals surface area contributed by atoms with E-state index in [9.17, 15) is 4.79 Å². The number of allylic oxidation sites excluding steroid dienone is 3. The number of nitrogens with one attached hydrogen (secondary N) is 1. The van der Waals surface area contributed by atoms with Crippen LogP contribution in [-0.4, -0.2) is 56.8 Å². The molecule has 1 saturated heterocycles. The molecule has 2 aromatic heterocycles. The van der Waals surface area contributed by atoms with Crippen molar-refractivity contribution in [2.24, 2.45) is 0 Å². The van der Waals surface area contributed by atoms with E-state index in [4.69, 9.17) is 19.6 Å². The molecule has 2 N–H and O–H groups in total. The second kappa shape index (κ2) is 13.1. The molecule has 0 radical (unpaired) electrons. The molecule has 1 aliphatic heterocycles. The van der Waals surface area contributed by atoms with E-state index in [0.29, 0.717) is 31.3 Å². The quantitative estimate of drug-likeness (QED) is 0.331. The Bertz CT molecular complexity index is 1390. The van der Waals surface area contributed by atoms with Crippen LogP contribution in [0.25, 0.3) is 11.3 Å². The Labute approximate surface area is 233 Å². The summed E-state index contributed by atoms with van der Waals surface area (Å²) >= 11 is 0. The summed E-state index contributed by atoms with van der Waals surface area (Å²) in [5, 5.41) is 12.2. The van der Waals surface area contributed by atoms with Gasteiger partial charge in [-0.1, -0.05) is 24.3 Å². The third-order valence-corrected chi connectivity index (χ3v) is 6.76. The second-order valence-corrected chi connectivity index (χ2v) is 9.74. The molecule has 40 heavy (non-hydrogen) atoms. The van der Waals surface area contributed by atoms with Crippen LogP contribution in [0.4, 0.5) is 17.6 Å². The molecular formula is C30H34N6O4. The number of hydrogen-bond acceptors (Lipinski definition) is 9. The minimum atomic E-state index is -0.815. The molecule has 208 valence electrons. The summed E-state index contributed by atoms with van der Waals surface area (Å²) in [6, 6.07) is 9.56. The highest BCUT2D eigenvalue weighted by Gasteiger charge is 2.25. The lowest BCUT2D eigenvalue weighted by Crippen LogP contribution is -2.40. The summed E-state index contributed by atoms with van der Waals surface area (Å²) in [7, 11) is 0. The maximum atomic E-state index is 10.9. The van der Waals surface area contributed by atoms with Crippen molar-refractivity contribution in [2.45, 2.75) is 51.6 Å². The largest absolute Gasteiger partial charge is 0.494 e. The Morgan fingerprint density at radius 2 is 2.15 bits per heavy atom. The van der Waals surface area contributed by atoms with Crippen molar-refractivity contribution in [3.8, 4) is 11.3 Å². The van der Waals surface area contributed by atoms with Gasteiger partial charge in [0.05, 0.1) is 31.2 Å². The summed E-state index contributed by atoms with van der Waals surface area (Å²) in [6.07, 6.45) is 13.6. The third kappa shape index (κ3) is 7.13. The van der Waals surface area contributed by atoms with Gasteiger partial charge < -0.3 is 24.8 Å². The van der Waals surface area contributed by atoms with Crippen molar-refractivity contribution in [3.63, 3.8) is 0 Å². The number of rotatable bonds is 11. The first-order chi connectivity index (χ1) is 19.6. The Kier molecular flexibility index (Phi) is 8.85. The number of nitrogens with zero attached hydrogens (tertiary/aromatic N) is 5. The summed E-state index contributed by atoms with van der Waals surface area (Å²) < 4.78 is 12.2. The molecule has 0 bridgehead atoms. The summed E-state index contributed by atoms with van der Waals surface area (Å²) in [5.74, 6) is 2.67. The number of carbonyl (C=O) groups is 1. The highest BCUT2D eigenvalue weighted by molar-refractivity contribution is 5.67. The number of carboxylic acids is 1. The van der Waals surface area contributed by atoms with Gasteiger partial charge in [0.1, 0.15) is 17.7 Å². The fraction of sp³-hybridized carbons (Fsp3) is 0.367. The zero-order chi connectivity index (χ0) is 27.7. The van der Waals surface area contributed by atoms with Gasteiger partial charge in [-0.15, -0.1) is 0 Å². The molecule has 2 aliphatic rings. The normalized spacial score (nSPS) is 17.0. The summed E-state index contributed by atoms with van der Waals surface area (Å²) in [6.45, 7) is 4.21. The van der Waals surface area contributed by atoms with Crippen LogP contribution in [0.2, 0.25) is 0 Å². The average molecular weight is 543 g/mol. The molecule has 10 nitrogen and oxygen atoms in total. The number of carboxylic acid groups (broad SMARTS) is 1. The Morgan fingerprint density at radius 3 is 3.02 bits per heavy atom. The zero-order valence-electron chi connectivity index (χ0n) is 22.6. The van der Waals surface area contributed by atoms with Gasteiger partial charge in [-0.2, -0.15) is 0 Å². The van der Waals surface area contributed by atoms with Gasteiger partial charge in [0, 0.05) is 31.1 Å². The van der Waals surface area contributed by atoms with E-state index in [1.807, 2.05) is 43.3 Å². The molecule has 0 amide bonds. The van der Waals surface area contributed by atoms with Gasteiger partial charge in [0.2, 0.25) is 5.95 Å². The molecular weight excluding hydrogens is 508 g/mol. The van der Waals surface area contributed by atoms with Crippen LogP contribution in [0.3, 0.4) is 0 Å². The van der Waals surface area contributed by atoms with Crippen molar-refractivity contribution in [3.05, 3.63) is 78.2 Å². The molecule has 0 spiro atoms. The maximum Gasteiger partial charge on any atom is 0.303 e. The number of aliphatic carboxylic acids is 1. The predicted octanol–water partition coefficient (Wildman–Crippen LogP) is 5.28. The molecule has 1 fully saturated rings. The third-order valence-electron chi connectivity index (χ3n) is 6.76. The maximum absolute atomic E-state index is 10.9. The minimum Gasteiger partial charge on any atom is -0.494 e. The van der Waals surface area contributed by atoms with Crippen LogP contribution in [0, 0.1) is 0 Å². The van der Waals surface area contributed by atoms with Gasteiger partial charge in [0.25, 0.3) is 0 Å². The lowest BCUT2D eigenvalue weighted by Gasteiger charge is -2.34. The molecule has 1 unspecified atom stereocenters. The van der Waals surface area contributed by atoms with Crippen LogP contribution >= 0.6 is 0 Å². The number of hydrogen-bond donors (Lipinski definition) is 2. The van der Waals surface area contributed by atoms with Crippen LogP contribution < -0.4 is 10.2 Å². The van der Waals surface area contributed by atoms with Gasteiger partial charge in [-0.3, -0.25) is 9.78 Å². The highest BCUT2D eigenvalue weighted by atomic mass is 16.5. The molecule has 3 heterocycles. The van der Waals surface area contributed by atoms with Crippen LogP contribution in [0.5, 0.6) is 0 Å². The van der Waals surface area contributed by atoms with Gasteiger partial charge in [0.15, 0.2) is 11.6 Å². The molecule has 1 atom stereocenters. The predicted molar refractivity (Wildman–Crippen MR) is 152 cm³/mol. The molecule has 1 aliphatic carbocycles. The summed E-state index contributed by atoms with van der Waals surface area (Å²) in [4.78, 5) is 31.3. The number of ether oxygens (including phenoxy) is 2. The van der Waals surface area contributed by atoms with E-state index in [1.54, 1.807) is 18.6 Å². The van der Waals surface area contributed by atoms with Crippen molar-refractivity contribution in [2.75, 3.05) is 29.9 Å². The number of aryl methyl sites for hydroxylation is 1. The highest BCUT2D eigenvalue weighted by Crippen LogP contribution is 2.27. The molecule has 10 heteroatoms. The number of piperidine rings is 1. The Hall–Kier alpha value is -4.47. The minimum absolute atomic E-state index is 0.0339. The van der Waals surface area contributed by atoms with Crippen molar-refractivity contribution >= 4 is 23.6 Å². The fourth-order valence-electron chi connectivity index (χ4n) is 4.87. The molecule has 1 aromatic carbocycles. The van der Waals surface area contributed by atoms with Crippen molar-refractivity contribution in [1.82, 2.24) is 19.9 Å². The van der Waals surface area contributed by atoms with E-state index in [0.717, 1.165) is 66.4 Å². The number of aromatic nitrogens is 4. The SMILES string of the molecule is CCOC1=C(OC2CCCN(c3cncc(Nc4nccc(-c5cccc(CCC(=O)O)c5)n4)n3)C2)C=CCC1. The smallest absolute Gasteiger partial charge is 0.303 e. The van der Waals surface area contributed by atoms with E-state index in [1.165, 1.54) is 0 Å². The van der Waals surface area contributed by atoms with Crippen LogP contribution in [0.15, 0.2) is 72.6 Å². The van der Waals surface area contributed by atoms with Crippen LogP contribution in [0.1, 0.15) is 44.6 Å². The van der Waals surface area contributed by atoms with Crippen molar-refractivity contribution in [1.29, 1.82) is 0 Å². The fourth-order valence-corrected chi connectivity index (χ4v) is 4.87. The first-order valence-electron chi connectivity index (χ1n) is 13.7. The van der Waals surface area contributed by atoms with E-state index in [2.05, 4.69) is 31.2 Å². The lowest BCUT2D eigenvalue weighted by molar-refractivity contribution is -0.136. The topological polar surface area (TPSA) is 123 Å². The lowest BCUT2D eigenvalue weighted by atomic mass is 10.0. The number of anilines is 3. The van der Waals surface area contributed by atoms with Gasteiger partial charge in [-0.25, -0.2) is 15.0 Å². The Balaban J connectivity index is 1.26. The van der Waals surface area contributed by atoms with Gasteiger partial charge >= 0.3 is 5.97 Å². The van der Waals surface area contributed by atoms with Crippen LogP contribution in [-0.2, 0) is 20.7 Å². The first-order valence-corrected chi connectivity index (χ1v) is 13.7. The molecule has 0 saturated carbocycles. The monoisotopic (exact) mass is 542 g/mol. The van der Waals surface area contributed by atoms with E-state index in [-0.39, 0.29) is 12.5 Å².